The van der Waals surface area contributed by atoms with E-state index >= 15 is 0 Å². The van der Waals surface area contributed by atoms with Gasteiger partial charge in [-0.3, -0.25) is 0 Å². The van der Waals surface area contributed by atoms with E-state index in [0.29, 0.717) is 0 Å². The third-order valence-corrected chi connectivity index (χ3v) is 7.53. The van der Waals surface area contributed by atoms with E-state index in [1.807, 2.05) is 0 Å². The summed E-state index contributed by atoms with van der Waals surface area (Å²) >= 11 is 0. The SMILES string of the molecule is CO[Si](CCCCCCCCCCCCCC(C)C)(OC)OC.[SiH4]. The van der Waals surface area contributed by atoms with Crippen molar-refractivity contribution in [1.82, 2.24) is 0 Å². The lowest BCUT2D eigenvalue weighted by Crippen LogP contribution is -2.42. The van der Waals surface area contributed by atoms with E-state index in [1.165, 1.54) is 70.6 Å². The minimum absolute atomic E-state index is 0. The highest BCUT2D eigenvalue weighted by molar-refractivity contribution is 6.60. The Morgan fingerprint density at radius 1 is 0.583 bits per heavy atom. The van der Waals surface area contributed by atoms with Gasteiger partial charge in [0.15, 0.2) is 0 Å². The molecule has 0 unspecified atom stereocenters. The highest BCUT2D eigenvalue weighted by Crippen LogP contribution is 2.18. The molecule has 0 saturated heterocycles. The molecule has 0 aliphatic heterocycles. The van der Waals surface area contributed by atoms with Crippen molar-refractivity contribution in [3.63, 3.8) is 0 Å². The van der Waals surface area contributed by atoms with Gasteiger partial charge in [-0.25, -0.2) is 0 Å². The van der Waals surface area contributed by atoms with Gasteiger partial charge in [-0.1, -0.05) is 84.5 Å². The van der Waals surface area contributed by atoms with Gasteiger partial charge in [-0.2, -0.15) is 0 Å². The van der Waals surface area contributed by atoms with Crippen LogP contribution in [0.3, 0.4) is 0 Å². The van der Waals surface area contributed by atoms with Gasteiger partial charge in [-0.15, -0.1) is 0 Å². The maximum absolute atomic E-state index is 5.44. The van der Waals surface area contributed by atoms with Crippen LogP contribution < -0.4 is 0 Å². The van der Waals surface area contributed by atoms with E-state index in [1.54, 1.807) is 21.3 Å². The number of unbranched alkanes of at least 4 members (excludes halogenated alkanes) is 10. The fourth-order valence-corrected chi connectivity index (χ4v) is 4.84. The largest absolute Gasteiger partial charge is 0.500 e. The molecular formula is C19H46O3Si2. The van der Waals surface area contributed by atoms with Crippen LogP contribution in [-0.4, -0.2) is 41.1 Å². The molecule has 0 aromatic rings. The van der Waals surface area contributed by atoms with Crippen LogP contribution in [0.4, 0.5) is 0 Å². The summed E-state index contributed by atoms with van der Waals surface area (Å²) in [6.07, 6.45) is 16.5. The van der Waals surface area contributed by atoms with Crippen LogP contribution in [0.15, 0.2) is 0 Å². The Balaban J connectivity index is 0. The molecule has 0 fully saturated rings. The Morgan fingerprint density at radius 3 is 1.25 bits per heavy atom. The zero-order chi connectivity index (χ0) is 17.4. The summed E-state index contributed by atoms with van der Waals surface area (Å²) in [5, 5.41) is 0. The molecule has 0 atom stereocenters. The highest BCUT2D eigenvalue weighted by atomic mass is 28.4. The van der Waals surface area contributed by atoms with Crippen LogP contribution in [0.2, 0.25) is 6.04 Å². The standard InChI is InChI=1S/C19H42O3Si.H4Si/c1-19(2)17-15-13-11-9-7-6-8-10-12-14-16-18-23(20-3,21-4)22-5;/h19H,6-18H2,1-5H3;1H4. The van der Waals surface area contributed by atoms with Gasteiger partial charge >= 0.3 is 8.80 Å². The van der Waals surface area contributed by atoms with Crippen LogP contribution in [0.5, 0.6) is 0 Å². The van der Waals surface area contributed by atoms with E-state index in [2.05, 4.69) is 13.8 Å². The lowest BCUT2D eigenvalue weighted by molar-refractivity contribution is 0.122. The predicted molar refractivity (Wildman–Crippen MR) is 113 cm³/mol. The van der Waals surface area contributed by atoms with Crippen molar-refractivity contribution in [2.75, 3.05) is 21.3 Å². The van der Waals surface area contributed by atoms with Crippen molar-refractivity contribution >= 4 is 19.8 Å². The van der Waals surface area contributed by atoms with Gasteiger partial charge in [0.25, 0.3) is 0 Å². The van der Waals surface area contributed by atoms with Crippen molar-refractivity contribution in [1.29, 1.82) is 0 Å². The van der Waals surface area contributed by atoms with E-state index in [9.17, 15) is 0 Å². The number of hydrogen-bond donors (Lipinski definition) is 0. The van der Waals surface area contributed by atoms with Crippen LogP contribution in [0.1, 0.15) is 90.9 Å². The zero-order valence-corrected chi connectivity index (χ0v) is 17.5. The zero-order valence-electron chi connectivity index (χ0n) is 16.5. The predicted octanol–water partition coefficient (Wildman–Crippen LogP) is 4.75. The Kier molecular flexibility index (Phi) is 20.0. The first-order valence-corrected chi connectivity index (χ1v) is 11.7. The Labute approximate surface area is 157 Å². The summed E-state index contributed by atoms with van der Waals surface area (Å²) in [4.78, 5) is 0. The summed E-state index contributed by atoms with van der Waals surface area (Å²) in [6.45, 7) is 4.64. The molecule has 0 aromatic carbocycles. The van der Waals surface area contributed by atoms with Gasteiger partial charge in [0.1, 0.15) is 0 Å². The summed E-state index contributed by atoms with van der Waals surface area (Å²) in [5.41, 5.74) is 0. The van der Waals surface area contributed by atoms with Crippen molar-refractivity contribution in [2.45, 2.75) is 96.9 Å². The molecule has 0 aromatic heterocycles. The fourth-order valence-electron chi connectivity index (χ4n) is 3.04. The van der Waals surface area contributed by atoms with Gasteiger partial charge in [0.05, 0.1) is 0 Å². The molecule has 5 heteroatoms. The second-order valence-electron chi connectivity index (χ2n) is 7.12. The minimum atomic E-state index is -2.32. The Hall–Kier alpha value is 0.314. The van der Waals surface area contributed by atoms with E-state index < -0.39 is 8.80 Å². The lowest BCUT2D eigenvalue weighted by Gasteiger charge is -2.24. The molecule has 0 heterocycles. The number of hydrogen-bond acceptors (Lipinski definition) is 3. The quantitative estimate of drug-likeness (QED) is 0.270. The third kappa shape index (κ3) is 14.6. The molecule has 3 nitrogen and oxygen atoms in total. The third-order valence-electron chi connectivity index (χ3n) is 4.70. The monoisotopic (exact) mass is 378 g/mol. The van der Waals surface area contributed by atoms with E-state index in [-0.39, 0.29) is 11.0 Å². The molecule has 0 rings (SSSR count). The van der Waals surface area contributed by atoms with E-state index in [0.717, 1.165) is 18.4 Å². The van der Waals surface area contributed by atoms with Crippen LogP contribution in [0.25, 0.3) is 0 Å². The molecule has 0 radical (unpaired) electrons. The molecule has 0 aliphatic carbocycles. The smallest absolute Gasteiger partial charge is 0.377 e. The second kappa shape index (κ2) is 18.1. The van der Waals surface area contributed by atoms with Gasteiger partial charge in [0, 0.05) is 27.4 Å². The maximum Gasteiger partial charge on any atom is 0.500 e. The molecule has 0 spiro atoms. The molecule has 0 saturated carbocycles. The van der Waals surface area contributed by atoms with Gasteiger partial charge in [0.2, 0.25) is 0 Å². The normalized spacial score (nSPS) is 11.8. The molecule has 24 heavy (non-hydrogen) atoms. The molecule has 0 N–H and O–H groups in total. The lowest BCUT2D eigenvalue weighted by atomic mass is 10.0. The van der Waals surface area contributed by atoms with Crippen LogP contribution in [0, 0.1) is 5.92 Å². The first-order valence-electron chi connectivity index (χ1n) is 9.75. The van der Waals surface area contributed by atoms with Gasteiger partial charge in [-0.05, 0) is 23.3 Å². The topological polar surface area (TPSA) is 27.7 Å². The molecule has 148 valence electrons. The molecule has 0 bridgehead atoms. The Bertz CT molecular complexity index is 239. The first-order chi connectivity index (χ1) is 11.1. The van der Waals surface area contributed by atoms with Crippen LogP contribution >= 0.6 is 0 Å². The van der Waals surface area contributed by atoms with E-state index in [4.69, 9.17) is 13.3 Å². The van der Waals surface area contributed by atoms with Crippen LogP contribution in [-0.2, 0) is 13.3 Å². The van der Waals surface area contributed by atoms with Crippen molar-refractivity contribution in [3.05, 3.63) is 0 Å². The maximum atomic E-state index is 5.44. The average Bonchev–Trinajstić information content (AvgIpc) is 2.56. The van der Waals surface area contributed by atoms with Gasteiger partial charge < -0.3 is 13.3 Å². The first kappa shape index (κ1) is 26.5. The summed E-state index contributed by atoms with van der Waals surface area (Å²) < 4.78 is 16.3. The van der Waals surface area contributed by atoms with Crippen molar-refractivity contribution in [3.8, 4) is 0 Å². The molecule has 0 amide bonds. The highest BCUT2D eigenvalue weighted by Gasteiger charge is 2.36. The molecule has 0 aliphatic rings. The molecular weight excluding hydrogens is 332 g/mol. The average molecular weight is 379 g/mol. The Morgan fingerprint density at radius 2 is 0.917 bits per heavy atom. The fraction of sp³-hybridized carbons (Fsp3) is 1.00. The van der Waals surface area contributed by atoms with Crippen molar-refractivity contribution in [2.24, 2.45) is 5.92 Å². The summed E-state index contributed by atoms with van der Waals surface area (Å²) in [7, 11) is 2.77. The second-order valence-corrected chi connectivity index (χ2v) is 10.2. The minimum Gasteiger partial charge on any atom is -0.377 e. The van der Waals surface area contributed by atoms with Crippen molar-refractivity contribution < 1.29 is 13.3 Å². The summed E-state index contributed by atoms with van der Waals surface area (Å²) in [5.74, 6) is 0.875. The number of rotatable bonds is 17. The summed E-state index contributed by atoms with van der Waals surface area (Å²) in [6, 6.07) is 0.937.